The molecule has 1 amide bonds. The number of fused-ring (bicyclic) bond motifs is 1. The summed E-state index contributed by atoms with van der Waals surface area (Å²) in [6.45, 7) is 5.94. The number of methoxy groups -OCH3 is 1. The second kappa shape index (κ2) is 9.05. The zero-order chi connectivity index (χ0) is 25.4. The van der Waals surface area contributed by atoms with Gasteiger partial charge in [-0.15, -0.1) is 0 Å². The van der Waals surface area contributed by atoms with Crippen molar-refractivity contribution in [1.82, 2.24) is 19.9 Å². The number of aromatic nitrogens is 3. The minimum Gasteiger partial charge on any atom is -0.497 e. The Morgan fingerprint density at radius 3 is 2.46 bits per heavy atom. The van der Waals surface area contributed by atoms with Crippen LogP contribution in [0, 0.1) is 0 Å². The van der Waals surface area contributed by atoms with E-state index in [9.17, 15) is 18.0 Å². The lowest BCUT2D eigenvalue weighted by atomic mass is 9.93. The van der Waals surface area contributed by atoms with E-state index < -0.39 is 17.6 Å². The van der Waals surface area contributed by atoms with Gasteiger partial charge in [-0.25, -0.2) is 9.50 Å². The fourth-order valence-corrected chi connectivity index (χ4v) is 3.56. The molecule has 1 N–H and O–H groups in total. The van der Waals surface area contributed by atoms with Gasteiger partial charge >= 0.3 is 6.18 Å². The Hall–Kier alpha value is -3.88. The van der Waals surface area contributed by atoms with E-state index in [-0.39, 0.29) is 17.7 Å². The van der Waals surface area contributed by atoms with Crippen molar-refractivity contribution in [3.05, 3.63) is 83.2 Å². The van der Waals surface area contributed by atoms with Gasteiger partial charge in [0.1, 0.15) is 11.4 Å². The van der Waals surface area contributed by atoms with Crippen molar-refractivity contribution < 1.29 is 22.7 Å². The molecule has 0 aliphatic rings. The number of carbonyl (C=O) groups excluding carboxylic acids is 1. The molecule has 2 aromatic carbocycles. The Balaban J connectivity index is 1.73. The van der Waals surface area contributed by atoms with Crippen molar-refractivity contribution in [2.45, 2.75) is 38.9 Å². The monoisotopic (exact) mass is 482 g/mol. The molecule has 182 valence electrons. The van der Waals surface area contributed by atoms with Crippen molar-refractivity contribution in [2.75, 3.05) is 7.11 Å². The summed E-state index contributed by atoms with van der Waals surface area (Å²) in [5.74, 6) is 0.158. The molecule has 0 atom stereocenters. The van der Waals surface area contributed by atoms with Crippen LogP contribution in [0.1, 0.15) is 48.1 Å². The number of alkyl halides is 3. The minimum atomic E-state index is -4.46. The van der Waals surface area contributed by atoms with Crippen LogP contribution in [0.3, 0.4) is 0 Å². The van der Waals surface area contributed by atoms with Gasteiger partial charge < -0.3 is 10.1 Å². The highest BCUT2D eigenvalue weighted by Crippen LogP contribution is 2.30. The van der Waals surface area contributed by atoms with E-state index in [0.29, 0.717) is 22.7 Å². The Bertz CT molecular complexity index is 1390. The highest BCUT2D eigenvalue weighted by molar-refractivity contribution is 5.94. The largest absolute Gasteiger partial charge is 0.497 e. The van der Waals surface area contributed by atoms with Crippen molar-refractivity contribution in [2.24, 2.45) is 0 Å². The van der Waals surface area contributed by atoms with Gasteiger partial charge in [0.25, 0.3) is 5.91 Å². The van der Waals surface area contributed by atoms with Gasteiger partial charge in [0.2, 0.25) is 0 Å². The Labute approximate surface area is 200 Å². The molecule has 2 heterocycles. The molecular weight excluding hydrogens is 457 g/mol. The lowest BCUT2D eigenvalue weighted by Crippen LogP contribution is -2.26. The van der Waals surface area contributed by atoms with E-state index >= 15 is 0 Å². The standard InChI is InChI=1S/C26H25F3N4O2/c1-25(2,3)22-14-23-31-20(17-8-6-10-19(12-17)35-4)13-21(33(23)32-22)24(34)30-15-16-7-5-9-18(11-16)26(27,28)29/h5-14H,15H2,1-4H3,(H,30,34). The second-order valence-electron chi connectivity index (χ2n) is 9.19. The van der Waals surface area contributed by atoms with E-state index in [1.165, 1.54) is 16.6 Å². The molecule has 9 heteroatoms. The smallest absolute Gasteiger partial charge is 0.416 e. The molecule has 0 radical (unpaired) electrons. The summed E-state index contributed by atoms with van der Waals surface area (Å²) in [5.41, 5.74) is 2.03. The van der Waals surface area contributed by atoms with Gasteiger partial charge in [-0.1, -0.05) is 45.0 Å². The van der Waals surface area contributed by atoms with Crippen LogP contribution in [-0.4, -0.2) is 27.6 Å². The van der Waals surface area contributed by atoms with Gasteiger partial charge in [0, 0.05) is 23.6 Å². The first kappa shape index (κ1) is 24.3. The third-order valence-corrected chi connectivity index (χ3v) is 5.50. The first-order valence-corrected chi connectivity index (χ1v) is 11.0. The number of hydrogen-bond acceptors (Lipinski definition) is 4. The molecule has 0 bridgehead atoms. The van der Waals surface area contributed by atoms with Gasteiger partial charge in [-0.05, 0) is 35.9 Å². The number of ether oxygens (including phenoxy) is 1. The molecule has 35 heavy (non-hydrogen) atoms. The lowest BCUT2D eigenvalue weighted by molar-refractivity contribution is -0.137. The molecule has 6 nitrogen and oxygen atoms in total. The number of nitrogens with one attached hydrogen (secondary N) is 1. The molecule has 4 rings (SSSR count). The van der Waals surface area contributed by atoms with Gasteiger partial charge in [0.15, 0.2) is 5.65 Å². The number of rotatable bonds is 5. The van der Waals surface area contributed by atoms with Crippen molar-refractivity contribution in [1.29, 1.82) is 0 Å². The SMILES string of the molecule is COc1cccc(-c2cc(C(=O)NCc3cccc(C(F)(F)F)c3)n3nc(C(C)(C)C)cc3n2)c1. The summed E-state index contributed by atoms with van der Waals surface area (Å²) in [7, 11) is 1.56. The fraction of sp³-hybridized carbons (Fsp3) is 0.269. The molecule has 2 aromatic heterocycles. The summed E-state index contributed by atoms with van der Waals surface area (Å²) in [4.78, 5) is 17.9. The van der Waals surface area contributed by atoms with Crippen LogP contribution in [-0.2, 0) is 18.1 Å². The number of amides is 1. The highest BCUT2D eigenvalue weighted by Gasteiger charge is 2.30. The third-order valence-electron chi connectivity index (χ3n) is 5.50. The molecular formula is C26H25F3N4O2. The number of halogens is 3. The van der Waals surface area contributed by atoms with Crippen molar-refractivity contribution in [3.8, 4) is 17.0 Å². The number of benzene rings is 2. The van der Waals surface area contributed by atoms with Crippen LogP contribution >= 0.6 is 0 Å². The van der Waals surface area contributed by atoms with Gasteiger partial charge in [0.05, 0.1) is 24.1 Å². The highest BCUT2D eigenvalue weighted by atomic mass is 19.4. The van der Waals surface area contributed by atoms with E-state index in [1.54, 1.807) is 19.2 Å². The fourth-order valence-electron chi connectivity index (χ4n) is 3.56. The molecule has 0 aliphatic carbocycles. The maximum absolute atomic E-state index is 13.2. The summed E-state index contributed by atoms with van der Waals surface area (Å²) < 4.78 is 45.9. The van der Waals surface area contributed by atoms with Crippen molar-refractivity contribution in [3.63, 3.8) is 0 Å². The Morgan fingerprint density at radius 1 is 1.03 bits per heavy atom. The average Bonchev–Trinajstić information content (AvgIpc) is 3.26. The van der Waals surface area contributed by atoms with Crippen LogP contribution in [0.2, 0.25) is 0 Å². The molecule has 0 saturated heterocycles. The first-order valence-electron chi connectivity index (χ1n) is 11.0. The molecule has 0 unspecified atom stereocenters. The minimum absolute atomic E-state index is 0.0749. The summed E-state index contributed by atoms with van der Waals surface area (Å²) in [6.07, 6.45) is -4.46. The van der Waals surface area contributed by atoms with Crippen LogP contribution < -0.4 is 10.1 Å². The quantitative estimate of drug-likeness (QED) is 0.399. The number of nitrogens with zero attached hydrogens (tertiary/aromatic N) is 3. The van der Waals surface area contributed by atoms with Crippen LogP contribution in [0.25, 0.3) is 16.9 Å². The summed E-state index contributed by atoms with van der Waals surface area (Å²) in [5, 5.41) is 7.31. The zero-order valence-electron chi connectivity index (χ0n) is 19.8. The van der Waals surface area contributed by atoms with Gasteiger partial charge in [-0.2, -0.15) is 18.3 Å². The van der Waals surface area contributed by atoms with E-state index in [1.807, 2.05) is 45.0 Å². The normalized spacial score (nSPS) is 12.1. The molecule has 4 aromatic rings. The maximum Gasteiger partial charge on any atom is 0.416 e. The summed E-state index contributed by atoms with van der Waals surface area (Å²) in [6, 6.07) is 15.6. The van der Waals surface area contributed by atoms with Gasteiger partial charge in [-0.3, -0.25) is 4.79 Å². The number of carbonyl (C=O) groups is 1. The zero-order valence-corrected chi connectivity index (χ0v) is 19.8. The van der Waals surface area contributed by atoms with Crippen LogP contribution in [0.4, 0.5) is 13.2 Å². The second-order valence-corrected chi connectivity index (χ2v) is 9.19. The Kier molecular flexibility index (Phi) is 6.27. The lowest BCUT2D eigenvalue weighted by Gasteiger charge is -2.14. The van der Waals surface area contributed by atoms with Crippen LogP contribution in [0.5, 0.6) is 5.75 Å². The first-order chi connectivity index (χ1) is 16.5. The van der Waals surface area contributed by atoms with E-state index in [2.05, 4.69) is 10.4 Å². The third kappa shape index (κ3) is 5.29. The number of hydrogen-bond donors (Lipinski definition) is 1. The van der Waals surface area contributed by atoms with Crippen LogP contribution in [0.15, 0.2) is 60.7 Å². The Morgan fingerprint density at radius 2 is 1.77 bits per heavy atom. The molecule has 0 spiro atoms. The van der Waals surface area contributed by atoms with E-state index in [0.717, 1.165) is 23.4 Å². The topological polar surface area (TPSA) is 68.5 Å². The average molecular weight is 483 g/mol. The predicted molar refractivity (Wildman–Crippen MR) is 126 cm³/mol. The maximum atomic E-state index is 13.2. The molecule has 0 aliphatic heterocycles. The predicted octanol–water partition coefficient (Wildman–Crippen LogP) is 5.65. The molecule has 0 fully saturated rings. The molecule has 0 saturated carbocycles. The summed E-state index contributed by atoms with van der Waals surface area (Å²) >= 11 is 0. The van der Waals surface area contributed by atoms with Crippen molar-refractivity contribution >= 4 is 11.6 Å². The van der Waals surface area contributed by atoms with E-state index in [4.69, 9.17) is 9.72 Å².